The van der Waals surface area contributed by atoms with Crippen molar-refractivity contribution in [3.8, 4) is 5.75 Å². The van der Waals surface area contributed by atoms with Crippen molar-refractivity contribution < 1.29 is 19.0 Å². The Bertz CT molecular complexity index is 844. The lowest BCUT2D eigenvalue weighted by Gasteiger charge is -2.30. The van der Waals surface area contributed by atoms with Crippen LogP contribution in [0.5, 0.6) is 5.75 Å². The van der Waals surface area contributed by atoms with Gasteiger partial charge in [-0.3, -0.25) is 9.69 Å². The van der Waals surface area contributed by atoms with E-state index in [2.05, 4.69) is 34.1 Å². The predicted octanol–water partition coefficient (Wildman–Crippen LogP) is 3.08. The van der Waals surface area contributed by atoms with Crippen LogP contribution in [-0.2, 0) is 11.2 Å². The van der Waals surface area contributed by atoms with Crippen LogP contribution in [0.25, 0.3) is 0 Å². The summed E-state index contributed by atoms with van der Waals surface area (Å²) in [7, 11) is 1.80. The number of nitrogens with zero attached hydrogens (tertiary/aromatic N) is 2. The lowest BCUT2D eigenvalue weighted by atomic mass is 9.91. The van der Waals surface area contributed by atoms with Gasteiger partial charge in [-0.1, -0.05) is 30.3 Å². The summed E-state index contributed by atoms with van der Waals surface area (Å²) in [6.07, 6.45) is 2.88. The summed E-state index contributed by atoms with van der Waals surface area (Å²) < 4.78 is 19.4. The zero-order valence-corrected chi connectivity index (χ0v) is 16.0. The number of hydrogen-bond donors (Lipinski definition) is 1. The van der Waals surface area contributed by atoms with Crippen LogP contribution in [0.4, 0.5) is 4.39 Å². The first-order valence-electron chi connectivity index (χ1n) is 9.68. The number of halogens is 1. The summed E-state index contributed by atoms with van der Waals surface area (Å²) in [4.78, 5) is 18.1. The molecule has 28 heavy (non-hydrogen) atoms. The molecule has 2 aromatic rings. The van der Waals surface area contributed by atoms with Crippen molar-refractivity contribution in [3.05, 3.63) is 59.7 Å². The number of rotatable bonds is 6. The maximum atomic E-state index is 13.4. The third-order valence-electron chi connectivity index (χ3n) is 6.20. The number of likely N-dealkylation sites (tertiary alicyclic amines) is 1. The quantitative estimate of drug-likeness (QED) is 0.613. The van der Waals surface area contributed by atoms with Gasteiger partial charge in [0.2, 0.25) is 0 Å². The number of carbonyl (C=O) groups excluding carboxylic acids is 1. The Hall–Kier alpha value is -2.31. The van der Waals surface area contributed by atoms with Crippen LogP contribution in [0.2, 0.25) is 0 Å². The fourth-order valence-electron chi connectivity index (χ4n) is 4.88. The van der Waals surface area contributed by atoms with E-state index in [-0.39, 0.29) is 23.6 Å². The summed E-state index contributed by atoms with van der Waals surface area (Å²) in [5.41, 5.74) is 1.22. The molecule has 0 unspecified atom stereocenters. The van der Waals surface area contributed by atoms with Crippen molar-refractivity contribution in [2.24, 2.45) is 11.8 Å². The van der Waals surface area contributed by atoms with Crippen molar-refractivity contribution >= 4 is 5.78 Å². The second-order valence-electron chi connectivity index (χ2n) is 8.10. The molecule has 1 saturated heterocycles. The number of methoxy groups -OCH3 is 1. The van der Waals surface area contributed by atoms with Crippen molar-refractivity contribution in [1.82, 2.24) is 9.88 Å². The summed E-state index contributed by atoms with van der Waals surface area (Å²) in [5, 5.41) is 9.23. The monoisotopic (exact) mass is 384 g/mol. The molecule has 148 valence electrons. The first kappa shape index (κ1) is 19.0. The molecule has 2 heterocycles. The fraction of sp³-hybridized carbons (Fsp3) is 0.455. The Morgan fingerprint density at radius 2 is 1.89 bits per heavy atom. The Kier molecular flexibility index (Phi) is 5.17. The molecule has 3 atom stereocenters. The summed E-state index contributed by atoms with van der Waals surface area (Å²) in [5.74, 6) is -0.764. The largest absolute Gasteiger partial charge is 0.504 e. The first-order valence-corrected chi connectivity index (χ1v) is 9.68. The number of ether oxygens (including phenoxy) is 1. The molecule has 0 bridgehead atoms. The standard InChI is InChI=1S/C22H25FN2O3/c1-28-22(9-15-5-3-2-4-6-15)10-16-12-25(13-17(16)11-22)14-20(27)18-7-8-19(26)21(23)24-18/h2-8,16-17,26H,9-14H2,1H3/t16-,17+,22+. The number of carbonyl (C=O) groups is 1. The fourth-order valence-corrected chi connectivity index (χ4v) is 4.88. The Labute approximate surface area is 164 Å². The van der Waals surface area contributed by atoms with Crippen LogP contribution >= 0.6 is 0 Å². The predicted molar refractivity (Wildman–Crippen MR) is 103 cm³/mol. The van der Waals surface area contributed by atoms with E-state index in [1.807, 2.05) is 6.07 Å². The minimum atomic E-state index is -1.00. The van der Waals surface area contributed by atoms with Crippen LogP contribution in [-0.4, -0.2) is 53.1 Å². The average molecular weight is 384 g/mol. The average Bonchev–Trinajstić information content (AvgIpc) is 3.20. The number of aromatic hydroxyl groups is 1. The summed E-state index contributed by atoms with van der Waals surface area (Å²) in [6, 6.07) is 13.0. The van der Waals surface area contributed by atoms with E-state index < -0.39 is 11.7 Å². The molecule has 0 radical (unpaired) electrons. The van der Waals surface area contributed by atoms with Gasteiger partial charge in [-0.15, -0.1) is 0 Å². The zero-order valence-electron chi connectivity index (χ0n) is 16.0. The molecule has 2 aliphatic rings. The Morgan fingerprint density at radius 3 is 2.50 bits per heavy atom. The third kappa shape index (κ3) is 3.80. The van der Waals surface area contributed by atoms with Gasteiger partial charge in [-0.05, 0) is 42.4 Å². The minimum Gasteiger partial charge on any atom is -0.504 e. The molecule has 1 aromatic heterocycles. The minimum absolute atomic E-state index is 0.0580. The van der Waals surface area contributed by atoms with E-state index in [1.165, 1.54) is 17.7 Å². The molecule has 1 aromatic carbocycles. The van der Waals surface area contributed by atoms with Gasteiger partial charge in [0, 0.05) is 26.6 Å². The number of pyridine rings is 1. The third-order valence-corrected chi connectivity index (χ3v) is 6.20. The van der Waals surface area contributed by atoms with Gasteiger partial charge in [0.05, 0.1) is 12.1 Å². The molecular weight excluding hydrogens is 359 g/mol. The molecular formula is C22H25FN2O3. The molecule has 1 saturated carbocycles. The van der Waals surface area contributed by atoms with E-state index in [4.69, 9.17) is 4.74 Å². The smallest absolute Gasteiger partial charge is 0.255 e. The van der Waals surface area contributed by atoms with Gasteiger partial charge in [-0.25, -0.2) is 4.98 Å². The second kappa shape index (κ2) is 7.60. The van der Waals surface area contributed by atoms with Crippen LogP contribution in [0.3, 0.4) is 0 Å². The molecule has 5 nitrogen and oxygen atoms in total. The molecule has 1 aliphatic carbocycles. The lowest BCUT2D eigenvalue weighted by molar-refractivity contribution is -0.0129. The van der Waals surface area contributed by atoms with Crippen LogP contribution in [0, 0.1) is 17.8 Å². The van der Waals surface area contributed by atoms with E-state index in [0.29, 0.717) is 11.8 Å². The number of aromatic nitrogens is 1. The number of fused-ring (bicyclic) bond motifs is 1. The highest BCUT2D eigenvalue weighted by Crippen LogP contribution is 2.47. The van der Waals surface area contributed by atoms with Gasteiger partial charge in [0.1, 0.15) is 5.69 Å². The maximum absolute atomic E-state index is 13.4. The van der Waals surface area contributed by atoms with Gasteiger partial charge in [-0.2, -0.15) is 4.39 Å². The number of benzene rings is 1. The summed E-state index contributed by atoms with van der Waals surface area (Å²) >= 11 is 0. The number of hydrogen-bond acceptors (Lipinski definition) is 5. The van der Waals surface area contributed by atoms with Crippen molar-refractivity contribution in [2.45, 2.75) is 24.9 Å². The Morgan fingerprint density at radius 1 is 1.21 bits per heavy atom. The Balaban J connectivity index is 1.37. The van der Waals surface area contributed by atoms with Crippen molar-refractivity contribution in [1.29, 1.82) is 0 Å². The van der Waals surface area contributed by atoms with Crippen LogP contribution < -0.4 is 0 Å². The summed E-state index contributed by atoms with van der Waals surface area (Å²) in [6.45, 7) is 1.91. The van der Waals surface area contributed by atoms with Crippen LogP contribution in [0.1, 0.15) is 28.9 Å². The lowest BCUT2D eigenvalue weighted by Crippen LogP contribution is -2.35. The topological polar surface area (TPSA) is 62.7 Å². The van der Waals surface area contributed by atoms with Crippen molar-refractivity contribution in [2.75, 3.05) is 26.7 Å². The van der Waals surface area contributed by atoms with Gasteiger partial charge >= 0.3 is 0 Å². The maximum Gasteiger partial charge on any atom is 0.255 e. The van der Waals surface area contributed by atoms with Crippen molar-refractivity contribution in [3.63, 3.8) is 0 Å². The van der Waals surface area contributed by atoms with E-state index in [9.17, 15) is 14.3 Å². The molecule has 0 amide bonds. The zero-order chi connectivity index (χ0) is 19.7. The highest BCUT2D eigenvalue weighted by Gasteiger charge is 2.49. The van der Waals surface area contributed by atoms with E-state index in [0.717, 1.165) is 32.4 Å². The molecule has 2 fully saturated rings. The van der Waals surface area contributed by atoms with Gasteiger partial charge < -0.3 is 9.84 Å². The molecule has 6 heteroatoms. The molecule has 4 rings (SSSR count). The first-order chi connectivity index (χ1) is 13.5. The number of ketones is 1. The van der Waals surface area contributed by atoms with E-state index in [1.54, 1.807) is 7.11 Å². The van der Waals surface area contributed by atoms with Crippen LogP contribution in [0.15, 0.2) is 42.5 Å². The molecule has 1 aliphatic heterocycles. The van der Waals surface area contributed by atoms with Gasteiger partial charge in [0.15, 0.2) is 11.5 Å². The second-order valence-corrected chi connectivity index (χ2v) is 8.10. The highest BCUT2D eigenvalue weighted by atomic mass is 19.1. The highest BCUT2D eigenvalue weighted by molar-refractivity contribution is 5.95. The number of Topliss-reactive ketones (excluding diaryl/α,β-unsaturated/α-hetero) is 1. The van der Waals surface area contributed by atoms with Gasteiger partial charge in [0.25, 0.3) is 5.95 Å². The molecule has 0 spiro atoms. The van der Waals surface area contributed by atoms with E-state index >= 15 is 0 Å². The normalized spacial score (nSPS) is 27.1. The SMILES string of the molecule is CO[C@]1(Cc2ccccc2)C[C@H]2CN(CC(=O)c3ccc(O)c(F)n3)C[C@H]2C1. The molecule has 1 N–H and O–H groups in total.